The van der Waals surface area contributed by atoms with Crippen molar-refractivity contribution in [3.63, 3.8) is 0 Å². The van der Waals surface area contributed by atoms with Gasteiger partial charge in [-0.05, 0) is 33.8 Å². The summed E-state index contributed by atoms with van der Waals surface area (Å²) in [6, 6.07) is 5.71. The van der Waals surface area contributed by atoms with Gasteiger partial charge in [0.15, 0.2) is 5.76 Å². The van der Waals surface area contributed by atoms with Gasteiger partial charge in [0.1, 0.15) is 5.60 Å². The largest absolute Gasteiger partial charge is 0.478 e. The summed E-state index contributed by atoms with van der Waals surface area (Å²) in [5.74, 6) is -1.27. The molecule has 0 fully saturated rings. The van der Waals surface area contributed by atoms with Gasteiger partial charge in [0.2, 0.25) is 0 Å². The lowest BCUT2D eigenvalue weighted by molar-refractivity contribution is -0.155. The molecule has 0 saturated carbocycles. The van der Waals surface area contributed by atoms with Crippen molar-refractivity contribution in [3.8, 4) is 11.1 Å². The number of carboxylic acids is 1. The molecule has 0 amide bonds. The molecule has 7 heteroatoms. The quantitative estimate of drug-likeness (QED) is 0.799. The number of carboxylic acid groups (broad SMARTS) is 1. The average Bonchev–Trinajstić information content (AvgIpc) is 2.86. The van der Waals surface area contributed by atoms with E-state index in [4.69, 9.17) is 15.0 Å². The fourth-order valence-electron chi connectivity index (χ4n) is 2.51. The first-order valence-corrected chi connectivity index (χ1v) is 7.86. The van der Waals surface area contributed by atoms with Gasteiger partial charge in [0, 0.05) is 5.56 Å². The van der Waals surface area contributed by atoms with Crippen LogP contribution in [0.25, 0.3) is 11.1 Å². The summed E-state index contributed by atoms with van der Waals surface area (Å²) in [5, 5.41) is 13.3. The van der Waals surface area contributed by atoms with Crippen molar-refractivity contribution in [1.82, 2.24) is 5.16 Å². The minimum Gasteiger partial charge on any atom is -0.478 e. The number of rotatable bonds is 5. The van der Waals surface area contributed by atoms with Gasteiger partial charge in [-0.25, -0.2) is 4.79 Å². The number of carbonyl (C=O) groups excluding carboxylic acids is 1. The third-order valence-electron chi connectivity index (χ3n) is 3.46. The van der Waals surface area contributed by atoms with Gasteiger partial charge in [0.25, 0.3) is 0 Å². The summed E-state index contributed by atoms with van der Waals surface area (Å²) in [7, 11) is 0. The summed E-state index contributed by atoms with van der Waals surface area (Å²) >= 11 is 0. The molecule has 0 aliphatic rings. The molecule has 0 radical (unpaired) electrons. The molecule has 0 aliphatic heterocycles. The Morgan fingerprint density at radius 1 is 1.32 bits per heavy atom. The predicted octanol–water partition coefficient (Wildman–Crippen LogP) is 3.08. The molecule has 7 nitrogen and oxygen atoms in total. The van der Waals surface area contributed by atoms with Crippen LogP contribution < -0.4 is 5.73 Å². The van der Waals surface area contributed by atoms with Crippen LogP contribution in [-0.2, 0) is 9.53 Å². The first-order valence-electron chi connectivity index (χ1n) is 7.86. The molecule has 1 aromatic heterocycles. The number of aryl methyl sites for hydroxylation is 1. The molecule has 0 saturated heterocycles. The molecule has 1 heterocycles. The lowest BCUT2D eigenvalue weighted by Gasteiger charge is -2.20. The van der Waals surface area contributed by atoms with Gasteiger partial charge in [-0.2, -0.15) is 0 Å². The zero-order valence-corrected chi connectivity index (χ0v) is 14.7. The lowest BCUT2D eigenvalue weighted by Crippen LogP contribution is -2.26. The maximum Gasteiger partial charge on any atom is 0.336 e. The molecule has 0 bridgehead atoms. The molecule has 134 valence electrons. The van der Waals surface area contributed by atoms with Crippen LogP contribution in [-0.4, -0.2) is 27.8 Å². The molecule has 1 atom stereocenters. The fourth-order valence-corrected chi connectivity index (χ4v) is 2.51. The third kappa shape index (κ3) is 4.45. The highest BCUT2D eigenvalue weighted by Crippen LogP contribution is 2.34. The first-order chi connectivity index (χ1) is 11.6. The van der Waals surface area contributed by atoms with Crippen molar-refractivity contribution in [2.24, 2.45) is 5.73 Å². The topological polar surface area (TPSA) is 116 Å². The lowest BCUT2D eigenvalue weighted by atomic mass is 9.95. The number of hydrogen-bond acceptors (Lipinski definition) is 6. The van der Waals surface area contributed by atoms with E-state index in [1.165, 1.54) is 6.07 Å². The number of esters is 1. The van der Waals surface area contributed by atoms with Crippen molar-refractivity contribution in [2.75, 3.05) is 0 Å². The molecule has 2 rings (SSSR count). The number of carbonyl (C=O) groups is 2. The van der Waals surface area contributed by atoms with Crippen LogP contribution in [0.3, 0.4) is 0 Å². The molecule has 0 aliphatic carbocycles. The molecule has 0 unspecified atom stereocenters. The smallest absolute Gasteiger partial charge is 0.336 e. The van der Waals surface area contributed by atoms with Crippen molar-refractivity contribution in [2.45, 2.75) is 45.8 Å². The molecule has 2 aromatic rings. The Kier molecular flexibility index (Phi) is 5.27. The van der Waals surface area contributed by atoms with Gasteiger partial charge in [0.05, 0.1) is 29.3 Å². The summed E-state index contributed by atoms with van der Waals surface area (Å²) in [5.41, 5.74) is 7.05. The van der Waals surface area contributed by atoms with E-state index < -0.39 is 23.6 Å². The highest BCUT2D eigenvalue weighted by Gasteiger charge is 2.27. The SMILES string of the molecule is Cc1noc([C@@H](N)CC(=O)OC(C)(C)C)c1-c1ccccc1C(=O)O. The van der Waals surface area contributed by atoms with E-state index in [-0.39, 0.29) is 17.7 Å². The number of benzene rings is 1. The Bertz CT molecular complexity index is 789. The van der Waals surface area contributed by atoms with E-state index in [1.807, 2.05) is 0 Å². The Hall–Kier alpha value is -2.67. The standard InChI is InChI=1S/C18H22N2O5/c1-10-15(11-7-5-6-8-12(11)17(22)23)16(25-20-10)13(19)9-14(21)24-18(2,3)4/h5-8,13H,9,19H2,1-4H3,(H,22,23)/t13-/m0/s1. The Labute approximate surface area is 145 Å². The van der Waals surface area contributed by atoms with E-state index in [9.17, 15) is 14.7 Å². The van der Waals surface area contributed by atoms with Gasteiger partial charge in [-0.3, -0.25) is 4.79 Å². The summed E-state index contributed by atoms with van der Waals surface area (Å²) in [4.78, 5) is 23.5. The van der Waals surface area contributed by atoms with Crippen molar-refractivity contribution in [1.29, 1.82) is 0 Å². The molecule has 0 spiro atoms. The maximum absolute atomic E-state index is 12.0. The Morgan fingerprint density at radius 2 is 1.96 bits per heavy atom. The summed E-state index contributed by atoms with van der Waals surface area (Å²) in [6.07, 6.45) is -0.103. The minimum atomic E-state index is -1.07. The summed E-state index contributed by atoms with van der Waals surface area (Å²) in [6.45, 7) is 7.00. The second-order valence-electron chi connectivity index (χ2n) is 6.76. The molecule has 25 heavy (non-hydrogen) atoms. The molecular weight excluding hydrogens is 324 g/mol. The van der Waals surface area contributed by atoms with E-state index in [0.717, 1.165) is 0 Å². The number of aromatic nitrogens is 1. The Morgan fingerprint density at radius 3 is 2.56 bits per heavy atom. The van der Waals surface area contributed by atoms with Crippen LogP contribution in [0.2, 0.25) is 0 Å². The van der Waals surface area contributed by atoms with Crippen LogP contribution in [0.1, 0.15) is 55.0 Å². The number of hydrogen-bond donors (Lipinski definition) is 2. The van der Waals surface area contributed by atoms with Gasteiger partial charge < -0.3 is 20.1 Å². The van der Waals surface area contributed by atoms with E-state index in [0.29, 0.717) is 16.8 Å². The van der Waals surface area contributed by atoms with Crippen molar-refractivity contribution in [3.05, 3.63) is 41.3 Å². The van der Waals surface area contributed by atoms with Crippen LogP contribution >= 0.6 is 0 Å². The summed E-state index contributed by atoms with van der Waals surface area (Å²) < 4.78 is 10.6. The highest BCUT2D eigenvalue weighted by molar-refractivity contribution is 5.96. The second-order valence-corrected chi connectivity index (χ2v) is 6.76. The van der Waals surface area contributed by atoms with E-state index >= 15 is 0 Å². The monoisotopic (exact) mass is 346 g/mol. The van der Waals surface area contributed by atoms with Crippen LogP contribution in [0, 0.1) is 6.92 Å². The Balaban J connectivity index is 2.37. The first kappa shape index (κ1) is 18.7. The maximum atomic E-state index is 12.0. The van der Waals surface area contributed by atoms with Crippen LogP contribution in [0.5, 0.6) is 0 Å². The average molecular weight is 346 g/mol. The van der Waals surface area contributed by atoms with Gasteiger partial charge in [-0.1, -0.05) is 23.4 Å². The van der Waals surface area contributed by atoms with Crippen LogP contribution in [0.4, 0.5) is 0 Å². The van der Waals surface area contributed by atoms with Gasteiger partial charge in [-0.15, -0.1) is 0 Å². The normalized spacial score (nSPS) is 12.7. The number of nitrogens with zero attached hydrogens (tertiary/aromatic N) is 1. The minimum absolute atomic E-state index is 0.103. The zero-order valence-electron chi connectivity index (χ0n) is 14.7. The zero-order chi connectivity index (χ0) is 18.8. The molecular formula is C18H22N2O5. The predicted molar refractivity (Wildman–Crippen MR) is 91.0 cm³/mol. The molecule has 3 N–H and O–H groups in total. The fraction of sp³-hybridized carbons (Fsp3) is 0.389. The number of nitrogens with two attached hydrogens (primary N) is 1. The molecule has 1 aromatic carbocycles. The van der Waals surface area contributed by atoms with E-state index in [2.05, 4.69) is 5.16 Å². The second kappa shape index (κ2) is 7.06. The van der Waals surface area contributed by atoms with Crippen LogP contribution in [0.15, 0.2) is 28.8 Å². The number of ether oxygens (including phenoxy) is 1. The van der Waals surface area contributed by atoms with E-state index in [1.54, 1.807) is 45.9 Å². The van der Waals surface area contributed by atoms with Gasteiger partial charge >= 0.3 is 11.9 Å². The highest BCUT2D eigenvalue weighted by atomic mass is 16.6. The number of aromatic carboxylic acids is 1. The van der Waals surface area contributed by atoms with Crippen molar-refractivity contribution < 1.29 is 24.0 Å². The third-order valence-corrected chi connectivity index (χ3v) is 3.46. The van der Waals surface area contributed by atoms with Crippen molar-refractivity contribution >= 4 is 11.9 Å².